The Bertz CT molecular complexity index is 2830. The standard InChI is InChI=1S/C51H37N/c1-51(2)48-27-11-9-24-44(48)45-30-29-38(33-49(45)51)52(37-19-13-18-35(31-37)40-26-14-17-34-15-3-5-20-39(34)40)50-28-12-10-25-46(50)47-32-36-16-4-6-21-41(36)42-22-7-8-23-43(42)47/h3-33H,1-2H3. The number of hydrogen-bond donors (Lipinski definition) is 0. The van der Waals surface area contributed by atoms with Crippen LogP contribution in [0.3, 0.4) is 0 Å². The summed E-state index contributed by atoms with van der Waals surface area (Å²) in [6.07, 6.45) is 0. The lowest BCUT2D eigenvalue weighted by molar-refractivity contribution is 0.660. The van der Waals surface area contributed by atoms with Crippen LogP contribution in [0, 0.1) is 0 Å². The van der Waals surface area contributed by atoms with Gasteiger partial charge in [-0.15, -0.1) is 0 Å². The van der Waals surface area contributed by atoms with E-state index in [1.165, 1.54) is 76.8 Å². The lowest BCUT2D eigenvalue weighted by Crippen LogP contribution is -2.17. The van der Waals surface area contributed by atoms with Gasteiger partial charge in [0.1, 0.15) is 0 Å². The normalized spacial score (nSPS) is 13.0. The van der Waals surface area contributed by atoms with Crippen molar-refractivity contribution in [1.82, 2.24) is 0 Å². The molecule has 0 saturated carbocycles. The Labute approximate surface area is 305 Å². The van der Waals surface area contributed by atoms with Crippen LogP contribution in [0.2, 0.25) is 0 Å². The van der Waals surface area contributed by atoms with Crippen molar-refractivity contribution >= 4 is 49.4 Å². The van der Waals surface area contributed by atoms with Crippen molar-refractivity contribution < 1.29 is 0 Å². The van der Waals surface area contributed by atoms with Crippen LogP contribution in [0.15, 0.2) is 188 Å². The van der Waals surface area contributed by atoms with Crippen LogP contribution in [0.4, 0.5) is 17.1 Å². The van der Waals surface area contributed by atoms with Crippen molar-refractivity contribution in [3.63, 3.8) is 0 Å². The fourth-order valence-corrected chi connectivity index (χ4v) is 8.72. The first-order chi connectivity index (χ1) is 25.6. The van der Waals surface area contributed by atoms with Gasteiger partial charge >= 0.3 is 0 Å². The Kier molecular flexibility index (Phi) is 6.91. The maximum Gasteiger partial charge on any atom is 0.0540 e. The third-order valence-electron chi connectivity index (χ3n) is 11.2. The van der Waals surface area contributed by atoms with Gasteiger partial charge in [0.2, 0.25) is 0 Å². The fraction of sp³-hybridized carbons (Fsp3) is 0.0588. The molecule has 0 saturated heterocycles. The van der Waals surface area contributed by atoms with Gasteiger partial charge in [-0.1, -0.05) is 166 Å². The molecule has 1 nitrogen and oxygen atoms in total. The van der Waals surface area contributed by atoms with Gasteiger partial charge in [-0.25, -0.2) is 0 Å². The van der Waals surface area contributed by atoms with E-state index in [0.29, 0.717) is 0 Å². The summed E-state index contributed by atoms with van der Waals surface area (Å²) in [6.45, 7) is 4.73. The largest absolute Gasteiger partial charge is 0.310 e. The van der Waals surface area contributed by atoms with Crippen LogP contribution >= 0.6 is 0 Å². The number of para-hydroxylation sites is 1. The molecule has 9 aromatic carbocycles. The number of hydrogen-bond acceptors (Lipinski definition) is 1. The molecule has 0 amide bonds. The van der Waals surface area contributed by atoms with E-state index in [2.05, 4.69) is 207 Å². The van der Waals surface area contributed by atoms with Crippen molar-refractivity contribution in [3.05, 3.63) is 199 Å². The summed E-state index contributed by atoms with van der Waals surface area (Å²) in [5.74, 6) is 0. The number of rotatable bonds is 5. The second-order valence-corrected chi connectivity index (χ2v) is 14.5. The highest BCUT2D eigenvalue weighted by Gasteiger charge is 2.36. The molecule has 0 radical (unpaired) electrons. The van der Waals surface area contributed by atoms with E-state index >= 15 is 0 Å². The first-order valence-corrected chi connectivity index (χ1v) is 18.2. The van der Waals surface area contributed by atoms with Crippen molar-refractivity contribution in [2.75, 3.05) is 4.90 Å². The second-order valence-electron chi connectivity index (χ2n) is 14.5. The van der Waals surface area contributed by atoms with Crippen LogP contribution in [0.5, 0.6) is 0 Å². The molecule has 0 fully saturated rings. The molecule has 0 atom stereocenters. The molecule has 52 heavy (non-hydrogen) atoms. The topological polar surface area (TPSA) is 3.24 Å². The molecular weight excluding hydrogens is 627 g/mol. The lowest BCUT2D eigenvalue weighted by Gasteiger charge is -2.30. The highest BCUT2D eigenvalue weighted by Crippen LogP contribution is 2.52. The Morgan fingerprint density at radius 2 is 0.942 bits per heavy atom. The van der Waals surface area contributed by atoms with Gasteiger partial charge in [-0.2, -0.15) is 0 Å². The van der Waals surface area contributed by atoms with E-state index in [-0.39, 0.29) is 5.41 Å². The van der Waals surface area contributed by atoms with Crippen molar-refractivity contribution in [1.29, 1.82) is 0 Å². The molecule has 1 heteroatoms. The quantitative estimate of drug-likeness (QED) is 0.166. The van der Waals surface area contributed by atoms with Gasteiger partial charge in [0, 0.05) is 22.4 Å². The highest BCUT2D eigenvalue weighted by atomic mass is 15.1. The zero-order valence-electron chi connectivity index (χ0n) is 29.3. The molecule has 0 spiro atoms. The smallest absolute Gasteiger partial charge is 0.0540 e. The molecule has 1 aliphatic rings. The molecule has 0 aromatic heterocycles. The van der Waals surface area contributed by atoms with Crippen molar-refractivity contribution in [2.24, 2.45) is 0 Å². The monoisotopic (exact) mass is 663 g/mol. The number of nitrogens with zero attached hydrogens (tertiary/aromatic N) is 1. The van der Waals surface area contributed by atoms with Gasteiger partial charge in [0.15, 0.2) is 0 Å². The van der Waals surface area contributed by atoms with Crippen LogP contribution < -0.4 is 4.90 Å². The number of anilines is 3. The molecule has 0 heterocycles. The molecule has 1 aliphatic carbocycles. The minimum atomic E-state index is -0.119. The first kappa shape index (κ1) is 30.4. The maximum atomic E-state index is 2.48. The summed E-state index contributed by atoms with van der Waals surface area (Å²) >= 11 is 0. The van der Waals surface area contributed by atoms with Crippen molar-refractivity contribution in [2.45, 2.75) is 19.3 Å². The SMILES string of the molecule is CC1(C)c2ccccc2-c2ccc(N(c3cccc(-c4cccc5ccccc45)c3)c3ccccc3-c3cc4ccccc4c4ccccc34)cc21. The Morgan fingerprint density at radius 3 is 1.81 bits per heavy atom. The first-order valence-electron chi connectivity index (χ1n) is 18.2. The Morgan fingerprint density at radius 1 is 0.346 bits per heavy atom. The van der Waals surface area contributed by atoms with Crippen LogP contribution in [-0.4, -0.2) is 0 Å². The van der Waals surface area contributed by atoms with Crippen LogP contribution in [-0.2, 0) is 5.41 Å². The molecular formula is C51H37N. The molecule has 0 unspecified atom stereocenters. The summed E-state index contributed by atoms with van der Waals surface area (Å²) in [6, 6.07) is 69.3. The average molecular weight is 664 g/mol. The highest BCUT2D eigenvalue weighted by molar-refractivity contribution is 6.15. The van der Waals surface area contributed by atoms with Crippen LogP contribution in [0.1, 0.15) is 25.0 Å². The summed E-state index contributed by atoms with van der Waals surface area (Å²) < 4.78 is 0. The van der Waals surface area contributed by atoms with E-state index in [4.69, 9.17) is 0 Å². The zero-order chi connectivity index (χ0) is 34.8. The van der Waals surface area contributed by atoms with Gasteiger partial charge in [0.05, 0.1) is 5.69 Å². The lowest BCUT2D eigenvalue weighted by atomic mass is 9.82. The fourth-order valence-electron chi connectivity index (χ4n) is 8.72. The third kappa shape index (κ3) is 4.70. The predicted molar refractivity (Wildman–Crippen MR) is 222 cm³/mol. The third-order valence-corrected chi connectivity index (χ3v) is 11.2. The Hall–Kier alpha value is -6.44. The molecule has 0 aliphatic heterocycles. The summed E-state index contributed by atoms with van der Waals surface area (Å²) in [4.78, 5) is 2.48. The van der Waals surface area contributed by atoms with Crippen LogP contribution in [0.25, 0.3) is 65.7 Å². The van der Waals surface area contributed by atoms with E-state index in [9.17, 15) is 0 Å². The summed E-state index contributed by atoms with van der Waals surface area (Å²) in [7, 11) is 0. The number of benzene rings is 9. The van der Waals surface area contributed by atoms with E-state index < -0.39 is 0 Å². The molecule has 246 valence electrons. The summed E-state index contributed by atoms with van der Waals surface area (Å²) in [5.41, 5.74) is 13.5. The zero-order valence-corrected chi connectivity index (χ0v) is 29.3. The average Bonchev–Trinajstić information content (AvgIpc) is 3.43. The van der Waals surface area contributed by atoms with E-state index in [1.807, 2.05) is 0 Å². The van der Waals surface area contributed by atoms with E-state index in [1.54, 1.807) is 0 Å². The van der Waals surface area contributed by atoms with Gasteiger partial charge in [-0.3, -0.25) is 0 Å². The minimum Gasteiger partial charge on any atom is -0.310 e. The molecule has 9 aromatic rings. The molecule has 10 rings (SSSR count). The molecule has 0 bridgehead atoms. The second kappa shape index (κ2) is 11.8. The van der Waals surface area contributed by atoms with Gasteiger partial charge < -0.3 is 4.90 Å². The predicted octanol–water partition coefficient (Wildman–Crippen LogP) is 14.3. The number of fused-ring (bicyclic) bond motifs is 7. The van der Waals surface area contributed by atoms with Gasteiger partial charge in [0.25, 0.3) is 0 Å². The minimum absolute atomic E-state index is 0.119. The Balaban J connectivity index is 1.23. The van der Waals surface area contributed by atoms with Gasteiger partial charge in [-0.05, 0) is 108 Å². The maximum absolute atomic E-state index is 2.48. The van der Waals surface area contributed by atoms with E-state index in [0.717, 1.165) is 17.1 Å². The van der Waals surface area contributed by atoms with Crippen molar-refractivity contribution in [3.8, 4) is 33.4 Å². The summed E-state index contributed by atoms with van der Waals surface area (Å²) in [5, 5.41) is 7.55. The molecule has 0 N–H and O–H groups in total.